The summed E-state index contributed by atoms with van der Waals surface area (Å²) in [5.74, 6) is 0.308. The maximum Gasteiger partial charge on any atom is 0.270 e. The number of Topliss-reactive ketones (excluding diaryl/α,β-unsaturated/α-hetero) is 1. The third-order valence-electron chi connectivity index (χ3n) is 6.59. The third-order valence-corrected chi connectivity index (χ3v) is 8.33. The molecule has 0 radical (unpaired) electrons. The van der Waals surface area contributed by atoms with Crippen molar-refractivity contribution in [1.29, 1.82) is 0 Å². The van der Waals surface area contributed by atoms with Crippen molar-refractivity contribution < 1.29 is 19.1 Å². The van der Waals surface area contributed by atoms with Crippen molar-refractivity contribution in [1.82, 2.24) is 9.88 Å². The SMILES string of the molecule is O=C1c2ccccc2OC1c1csc(N(CCCC(=O)N2Cc3ccccc3C2)C(=O)c2cccs2)n1. The lowest BCUT2D eigenvalue weighted by Crippen LogP contribution is -2.33. The predicted molar refractivity (Wildman–Crippen MR) is 142 cm³/mol. The molecular weight excluding hydrogens is 506 g/mol. The lowest BCUT2D eigenvalue weighted by Gasteiger charge is -2.20. The quantitative estimate of drug-likeness (QED) is 0.316. The van der Waals surface area contributed by atoms with E-state index in [1.54, 1.807) is 34.5 Å². The summed E-state index contributed by atoms with van der Waals surface area (Å²) in [6.45, 7) is 1.59. The molecule has 7 nitrogen and oxygen atoms in total. The number of hydrogen-bond acceptors (Lipinski definition) is 7. The summed E-state index contributed by atoms with van der Waals surface area (Å²) in [4.78, 5) is 47.9. The molecule has 0 saturated heterocycles. The van der Waals surface area contributed by atoms with E-state index in [-0.39, 0.29) is 17.6 Å². The first-order valence-corrected chi connectivity index (χ1v) is 13.8. The van der Waals surface area contributed by atoms with E-state index in [9.17, 15) is 14.4 Å². The fraction of sp³-hybridized carbons (Fsp3) is 0.214. The zero-order valence-corrected chi connectivity index (χ0v) is 21.5. The van der Waals surface area contributed by atoms with Crippen LogP contribution in [-0.2, 0) is 17.9 Å². The molecule has 9 heteroatoms. The van der Waals surface area contributed by atoms with Gasteiger partial charge in [0.25, 0.3) is 5.91 Å². The van der Waals surface area contributed by atoms with Crippen molar-refractivity contribution in [3.8, 4) is 5.75 Å². The van der Waals surface area contributed by atoms with E-state index in [2.05, 4.69) is 17.1 Å². The van der Waals surface area contributed by atoms with Crippen LogP contribution in [0.1, 0.15) is 55.8 Å². The molecule has 37 heavy (non-hydrogen) atoms. The van der Waals surface area contributed by atoms with E-state index in [1.807, 2.05) is 34.5 Å². The molecular formula is C28H23N3O4S2. The van der Waals surface area contributed by atoms with E-state index in [0.29, 0.717) is 59.5 Å². The number of ether oxygens (including phenoxy) is 1. The molecule has 4 aromatic rings. The van der Waals surface area contributed by atoms with Crippen molar-refractivity contribution in [3.05, 3.63) is 98.7 Å². The first kappa shape index (κ1) is 23.6. The van der Waals surface area contributed by atoms with Gasteiger partial charge in [-0.2, -0.15) is 0 Å². The summed E-state index contributed by atoms with van der Waals surface area (Å²) in [5.41, 5.74) is 3.39. The smallest absolute Gasteiger partial charge is 0.270 e. The second kappa shape index (κ2) is 9.91. The standard InChI is InChI=1S/C28H23N3O4S2/c32-24(30-15-18-7-1-2-8-19(18)16-30)12-5-13-31(27(34)23-11-6-14-36-23)28-29-21(17-37-28)26-25(33)20-9-3-4-10-22(20)35-26/h1-4,6-11,14,17,26H,5,12-13,15-16H2. The lowest BCUT2D eigenvalue weighted by atomic mass is 10.1. The minimum atomic E-state index is -0.820. The van der Waals surface area contributed by atoms with Gasteiger partial charge in [-0.25, -0.2) is 4.98 Å². The number of hydrogen-bond donors (Lipinski definition) is 0. The van der Waals surface area contributed by atoms with E-state index < -0.39 is 6.10 Å². The summed E-state index contributed by atoms with van der Waals surface area (Å²) in [7, 11) is 0. The first-order valence-electron chi connectivity index (χ1n) is 12.0. The number of thiazole rings is 1. The van der Waals surface area contributed by atoms with Gasteiger partial charge in [0.15, 0.2) is 5.13 Å². The molecule has 1 atom stereocenters. The molecule has 2 amide bonds. The van der Waals surface area contributed by atoms with E-state index in [4.69, 9.17) is 4.74 Å². The highest BCUT2D eigenvalue weighted by molar-refractivity contribution is 7.14. The molecule has 0 aliphatic carbocycles. The molecule has 4 heterocycles. The minimum absolute atomic E-state index is 0.0715. The fourth-order valence-corrected chi connectivity index (χ4v) is 6.22. The number of thiophene rings is 1. The number of aromatic nitrogens is 1. The van der Waals surface area contributed by atoms with Crippen LogP contribution < -0.4 is 9.64 Å². The molecule has 1 unspecified atom stereocenters. The van der Waals surface area contributed by atoms with Crippen LogP contribution in [0, 0.1) is 0 Å². The number of amides is 2. The number of carbonyl (C=O) groups is 3. The highest BCUT2D eigenvalue weighted by Gasteiger charge is 2.36. The number of anilines is 1. The molecule has 0 saturated carbocycles. The zero-order valence-electron chi connectivity index (χ0n) is 19.8. The van der Waals surface area contributed by atoms with Gasteiger partial charge in [0, 0.05) is 31.4 Å². The number of fused-ring (bicyclic) bond motifs is 2. The normalized spacial score (nSPS) is 15.8. The van der Waals surface area contributed by atoms with Crippen LogP contribution in [0.5, 0.6) is 5.75 Å². The Hall–Kier alpha value is -3.82. The molecule has 0 bridgehead atoms. The van der Waals surface area contributed by atoms with Gasteiger partial charge in [0.05, 0.1) is 10.4 Å². The van der Waals surface area contributed by atoms with Crippen LogP contribution in [0.3, 0.4) is 0 Å². The maximum absolute atomic E-state index is 13.4. The minimum Gasteiger partial charge on any atom is -0.475 e. The number of carbonyl (C=O) groups excluding carboxylic acids is 3. The largest absolute Gasteiger partial charge is 0.475 e. The Morgan fingerprint density at radius 3 is 2.49 bits per heavy atom. The molecule has 2 aliphatic rings. The van der Waals surface area contributed by atoms with E-state index in [0.717, 1.165) is 0 Å². The van der Waals surface area contributed by atoms with Gasteiger partial charge in [0.1, 0.15) is 11.4 Å². The Kier molecular flexibility index (Phi) is 6.31. The molecule has 186 valence electrons. The van der Waals surface area contributed by atoms with Gasteiger partial charge in [-0.1, -0.05) is 42.5 Å². The average Bonchev–Trinajstić information content (AvgIpc) is 3.72. The molecule has 2 aromatic heterocycles. The van der Waals surface area contributed by atoms with Gasteiger partial charge in [-0.3, -0.25) is 19.3 Å². The van der Waals surface area contributed by atoms with Crippen LogP contribution in [0.4, 0.5) is 5.13 Å². The number of nitrogens with zero attached hydrogens (tertiary/aromatic N) is 3. The molecule has 2 aromatic carbocycles. The zero-order chi connectivity index (χ0) is 25.4. The molecule has 0 N–H and O–H groups in total. The molecule has 0 fully saturated rings. The van der Waals surface area contributed by atoms with E-state index >= 15 is 0 Å². The summed E-state index contributed by atoms with van der Waals surface area (Å²) in [6, 6.07) is 18.8. The van der Waals surface area contributed by atoms with Crippen LogP contribution in [0.15, 0.2) is 71.4 Å². The van der Waals surface area contributed by atoms with Crippen molar-refractivity contribution in [2.24, 2.45) is 0 Å². The summed E-state index contributed by atoms with van der Waals surface area (Å²) < 4.78 is 5.87. The van der Waals surface area contributed by atoms with Crippen molar-refractivity contribution in [3.63, 3.8) is 0 Å². The Balaban J connectivity index is 1.16. The van der Waals surface area contributed by atoms with Crippen LogP contribution >= 0.6 is 22.7 Å². The first-order chi connectivity index (χ1) is 18.1. The Morgan fingerprint density at radius 1 is 1.00 bits per heavy atom. The topological polar surface area (TPSA) is 79.8 Å². The Bertz CT molecular complexity index is 1460. The highest BCUT2D eigenvalue weighted by atomic mass is 32.1. The van der Waals surface area contributed by atoms with Crippen LogP contribution in [-0.4, -0.2) is 34.0 Å². The Morgan fingerprint density at radius 2 is 1.76 bits per heavy atom. The Labute approximate surface area is 221 Å². The summed E-state index contributed by atoms with van der Waals surface area (Å²) in [5, 5.41) is 4.11. The molecule has 2 aliphatic heterocycles. The van der Waals surface area contributed by atoms with Gasteiger partial charge in [-0.05, 0) is 41.1 Å². The second-order valence-corrected chi connectivity index (χ2v) is 10.8. The van der Waals surface area contributed by atoms with Gasteiger partial charge in [0.2, 0.25) is 17.8 Å². The molecule has 0 spiro atoms. The van der Waals surface area contributed by atoms with Crippen LogP contribution in [0.2, 0.25) is 0 Å². The van der Waals surface area contributed by atoms with Crippen molar-refractivity contribution in [2.45, 2.75) is 32.0 Å². The summed E-state index contributed by atoms with van der Waals surface area (Å²) in [6.07, 6.45) is 0.0154. The monoisotopic (exact) mass is 529 g/mol. The van der Waals surface area contributed by atoms with Crippen molar-refractivity contribution in [2.75, 3.05) is 11.4 Å². The van der Waals surface area contributed by atoms with Gasteiger partial charge in [-0.15, -0.1) is 22.7 Å². The molecule has 6 rings (SSSR count). The van der Waals surface area contributed by atoms with Crippen molar-refractivity contribution >= 4 is 45.4 Å². The van der Waals surface area contributed by atoms with Gasteiger partial charge < -0.3 is 9.64 Å². The predicted octanol–water partition coefficient (Wildman–Crippen LogP) is 5.49. The maximum atomic E-state index is 13.4. The summed E-state index contributed by atoms with van der Waals surface area (Å²) >= 11 is 2.66. The number of para-hydroxylation sites is 1. The lowest BCUT2D eigenvalue weighted by molar-refractivity contribution is -0.131. The van der Waals surface area contributed by atoms with E-state index in [1.165, 1.54) is 33.8 Å². The number of rotatable bonds is 7. The van der Waals surface area contributed by atoms with Crippen LogP contribution in [0.25, 0.3) is 0 Å². The second-order valence-electron chi connectivity index (χ2n) is 8.97. The number of ketones is 1. The highest BCUT2D eigenvalue weighted by Crippen LogP contribution is 2.38. The van der Waals surface area contributed by atoms with Gasteiger partial charge >= 0.3 is 0 Å². The average molecular weight is 530 g/mol. The number of benzene rings is 2. The fourth-order valence-electron chi connectivity index (χ4n) is 4.68. The third kappa shape index (κ3) is 4.56.